The zero-order valence-corrected chi connectivity index (χ0v) is 18.1. The van der Waals surface area contributed by atoms with E-state index in [-0.39, 0.29) is 29.8 Å². The van der Waals surface area contributed by atoms with Crippen molar-refractivity contribution in [3.05, 3.63) is 42.0 Å². The maximum Gasteiger partial charge on any atom is 0.573 e. The van der Waals surface area contributed by atoms with Crippen molar-refractivity contribution < 1.29 is 27.1 Å². The highest BCUT2D eigenvalue weighted by Gasteiger charge is 2.35. The standard InChI is InChI=1S/C21H19F3N8O3/c22-21(23,24)35-15-3-4-16(12-1-2-12)17(8-15)19-28-29-20(34-19)18(33)27-13-7-14(31(9-13)11-25)10-32-6-5-26-30-32/h3-6,8,12-14H,1-2,7,9-10H2,(H,27,33)/t13-,14+/m1/s1. The molecule has 2 aromatic heterocycles. The molecule has 0 bridgehead atoms. The number of aromatic nitrogens is 5. The molecule has 11 nitrogen and oxygen atoms in total. The first kappa shape index (κ1) is 22.6. The van der Waals surface area contributed by atoms with Crippen LogP contribution in [0.5, 0.6) is 5.75 Å². The zero-order valence-electron chi connectivity index (χ0n) is 18.1. The number of alkyl halides is 3. The molecule has 1 amide bonds. The fourth-order valence-electron chi connectivity index (χ4n) is 4.20. The number of amides is 1. The Morgan fingerprint density at radius 1 is 1.31 bits per heavy atom. The summed E-state index contributed by atoms with van der Waals surface area (Å²) < 4.78 is 49.2. The van der Waals surface area contributed by atoms with Crippen molar-refractivity contribution in [3.63, 3.8) is 0 Å². The van der Waals surface area contributed by atoms with Crippen molar-refractivity contribution in [2.75, 3.05) is 6.54 Å². The average molecular weight is 488 g/mol. The van der Waals surface area contributed by atoms with Gasteiger partial charge in [-0.15, -0.1) is 28.5 Å². The quantitative estimate of drug-likeness (QED) is 0.498. The second-order valence-corrected chi connectivity index (χ2v) is 8.42. The van der Waals surface area contributed by atoms with Gasteiger partial charge in [-0.05, 0) is 42.9 Å². The summed E-state index contributed by atoms with van der Waals surface area (Å²) in [5.74, 6) is -1.27. The number of rotatable bonds is 7. The summed E-state index contributed by atoms with van der Waals surface area (Å²) >= 11 is 0. The maximum atomic E-state index is 12.7. The Morgan fingerprint density at radius 2 is 2.14 bits per heavy atom. The number of benzene rings is 1. The number of halogens is 3. The van der Waals surface area contributed by atoms with E-state index in [0.717, 1.165) is 18.4 Å². The first-order chi connectivity index (χ1) is 16.8. The second kappa shape index (κ2) is 8.90. The topological polar surface area (TPSA) is 135 Å². The summed E-state index contributed by atoms with van der Waals surface area (Å²) in [6.07, 6.45) is 2.77. The molecule has 3 heterocycles. The maximum absolute atomic E-state index is 12.7. The first-order valence-electron chi connectivity index (χ1n) is 10.8. The SMILES string of the molecule is N#CN1C[C@H](NC(=O)c2nnc(-c3cc(OC(F)(F)F)ccc3C3CC3)o2)C[C@H]1Cn1ccnn1. The van der Waals surface area contributed by atoms with Crippen LogP contribution < -0.4 is 10.1 Å². The number of likely N-dealkylation sites (tertiary alicyclic amines) is 1. The minimum absolute atomic E-state index is 0.0705. The van der Waals surface area contributed by atoms with Gasteiger partial charge < -0.3 is 19.4 Å². The van der Waals surface area contributed by atoms with Gasteiger partial charge in [0.1, 0.15) is 5.75 Å². The zero-order chi connectivity index (χ0) is 24.6. The number of carbonyl (C=O) groups excluding carboxylic acids is 1. The molecule has 0 unspecified atom stereocenters. The Hall–Kier alpha value is -4.15. The van der Waals surface area contributed by atoms with Gasteiger partial charge in [0, 0.05) is 24.3 Å². The lowest BCUT2D eigenvalue weighted by Crippen LogP contribution is -2.36. The van der Waals surface area contributed by atoms with Gasteiger partial charge in [0.2, 0.25) is 5.89 Å². The highest BCUT2D eigenvalue weighted by molar-refractivity contribution is 5.90. The van der Waals surface area contributed by atoms with Gasteiger partial charge in [-0.1, -0.05) is 11.3 Å². The second-order valence-electron chi connectivity index (χ2n) is 8.42. The van der Waals surface area contributed by atoms with Crippen molar-refractivity contribution in [2.45, 2.75) is 50.2 Å². The van der Waals surface area contributed by atoms with E-state index in [1.807, 2.05) is 0 Å². The van der Waals surface area contributed by atoms with Crippen LogP contribution in [0.15, 0.2) is 35.0 Å². The van der Waals surface area contributed by atoms with Crippen LogP contribution in [0.2, 0.25) is 0 Å². The van der Waals surface area contributed by atoms with Crippen LogP contribution in [-0.4, -0.2) is 61.0 Å². The number of nitriles is 1. The summed E-state index contributed by atoms with van der Waals surface area (Å²) in [5, 5.41) is 27.5. The number of hydrogen-bond acceptors (Lipinski definition) is 9. The van der Waals surface area contributed by atoms with E-state index in [1.54, 1.807) is 21.8 Å². The number of nitrogens with zero attached hydrogens (tertiary/aromatic N) is 7. The molecule has 1 aromatic carbocycles. The Kier molecular flexibility index (Phi) is 5.75. The minimum atomic E-state index is -4.84. The van der Waals surface area contributed by atoms with Crippen LogP contribution in [0, 0.1) is 11.5 Å². The lowest BCUT2D eigenvalue weighted by atomic mass is 10.0. The summed E-state index contributed by atoms with van der Waals surface area (Å²) in [4.78, 5) is 14.3. The van der Waals surface area contributed by atoms with Crippen LogP contribution in [-0.2, 0) is 6.54 Å². The Morgan fingerprint density at radius 3 is 2.83 bits per heavy atom. The van der Waals surface area contributed by atoms with E-state index in [1.165, 1.54) is 18.3 Å². The van der Waals surface area contributed by atoms with E-state index < -0.39 is 18.0 Å². The summed E-state index contributed by atoms with van der Waals surface area (Å²) in [6, 6.07) is 3.44. The van der Waals surface area contributed by atoms with Crippen molar-refractivity contribution in [1.29, 1.82) is 5.26 Å². The molecule has 14 heteroatoms. The number of nitrogens with one attached hydrogen (secondary N) is 1. The molecule has 1 saturated carbocycles. The molecular weight excluding hydrogens is 469 g/mol. The predicted molar refractivity (Wildman–Crippen MR) is 110 cm³/mol. The fourth-order valence-corrected chi connectivity index (χ4v) is 4.20. The smallest absolute Gasteiger partial charge is 0.412 e. The van der Waals surface area contributed by atoms with Crippen LogP contribution in [0.1, 0.15) is 41.4 Å². The van der Waals surface area contributed by atoms with Gasteiger partial charge in [0.05, 0.1) is 18.8 Å². The molecule has 1 aliphatic heterocycles. The van der Waals surface area contributed by atoms with E-state index in [4.69, 9.17) is 4.42 Å². The molecular formula is C21H19F3N8O3. The average Bonchev–Trinajstić information content (AvgIpc) is 3.18. The molecule has 2 atom stereocenters. The van der Waals surface area contributed by atoms with Crippen molar-refractivity contribution in [3.8, 4) is 23.4 Å². The Balaban J connectivity index is 1.29. The minimum Gasteiger partial charge on any atom is -0.412 e. The van der Waals surface area contributed by atoms with Gasteiger partial charge in [0.25, 0.3) is 0 Å². The number of ether oxygens (including phenoxy) is 1. The third kappa shape index (κ3) is 5.18. The molecule has 35 heavy (non-hydrogen) atoms. The molecule has 1 N–H and O–H groups in total. The van der Waals surface area contributed by atoms with Gasteiger partial charge in [-0.25, -0.2) is 0 Å². The number of carbonyl (C=O) groups is 1. The lowest BCUT2D eigenvalue weighted by molar-refractivity contribution is -0.274. The molecule has 0 spiro atoms. The molecule has 182 valence electrons. The Bertz CT molecular complexity index is 1250. The van der Waals surface area contributed by atoms with Crippen molar-refractivity contribution >= 4 is 5.91 Å². The summed E-state index contributed by atoms with van der Waals surface area (Å²) in [5.41, 5.74) is 1.05. The molecule has 0 radical (unpaired) electrons. The molecule has 5 rings (SSSR count). The van der Waals surface area contributed by atoms with Gasteiger partial charge in [0.15, 0.2) is 6.19 Å². The Labute approximate surface area is 196 Å². The fraction of sp³-hybridized carbons (Fsp3) is 0.429. The van der Waals surface area contributed by atoms with Gasteiger partial charge in [-0.3, -0.25) is 9.48 Å². The normalized spacial score (nSPS) is 20.0. The highest BCUT2D eigenvalue weighted by Crippen LogP contribution is 2.45. The van der Waals surface area contributed by atoms with Crippen LogP contribution in [0.3, 0.4) is 0 Å². The molecule has 2 fully saturated rings. The molecule has 1 aliphatic carbocycles. The van der Waals surface area contributed by atoms with Crippen LogP contribution in [0.4, 0.5) is 13.2 Å². The van der Waals surface area contributed by atoms with E-state index in [9.17, 15) is 23.2 Å². The molecule has 1 saturated heterocycles. The largest absolute Gasteiger partial charge is 0.573 e. The summed E-state index contributed by atoms with van der Waals surface area (Å²) in [7, 11) is 0. The van der Waals surface area contributed by atoms with E-state index >= 15 is 0 Å². The van der Waals surface area contributed by atoms with E-state index in [0.29, 0.717) is 25.1 Å². The lowest BCUT2D eigenvalue weighted by Gasteiger charge is -2.16. The highest BCUT2D eigenvalue weighted by atomic mass is 19.4. The van der Waals surface area contributed by atoms with Crippen LogP contribution >= 0.6 is 0 Å². The monoisotopic (exact) mass is 488 g/mol. The third-order valence-corrected chi connectivity index (χ3v) is 5.87. The molecule has 3 aromatic rings. The number of hydrogen-bond donors (Lipinski definition) is 1. The molecule has 2 aliphatic rings. The third-order valence-electron chi connectivity index (χ3n) is 5.87. The van der Waals surface area contributed by atoms with Crippen LogP contribution in [0.25, 0.3) is 11.5 Å². The van der Waals surface area contributed by atoms with Crippen molar-refractivity contribution in [1.82, 2.24) is 35.4 Å². The predicted octanol–water partition coefficient (Wildman–Crippen LogP) is 2.46. The van der Waals surface area contributed by atoms with Crippen molar-refractivity contribution in [2.24, 2.45) is 0 Å². The first-order valence-corrected chi connectivity index (χ1v) is 10.8. The van der Waals surface area contributed by atoms with Gasteiger partial charge in [-0.2, -0.15) is 5.26 Å². The van der Waals surface area contributed by atoms with E-state index in [2.05, 4.69) is 36.8 Å². The summed E-state index contributed by atoms with van der Waals surface area (Å²) in [6.45, 7) is 0.732. The van der Waals surface area contributed by atoms with Gasteiger partial charge >= 0.3 is 18.2 Å².